The number of hydrogen-bond acceptors (Lipinski definition) is 2. The van der Waals surface area contributed by atoms with Gasteiger partial charge in [-0.25, -0.2) is 0 Å². The summed E-state index contributed by atoms with van der Waals surface area (Å²) in [4.78, 5) is 17.1. The van der Waals surface area contributed by atoms with E-state index in [1.54, 1.807) is 0 Å². The average Bonchev–Trinajstić information content (AvgIpc) is 2.98. The van der Waals surface area contributed by atoms with E-state index in [1.807, 2.05) is 0 Å². The molecule has 2 fully saturated rings. The maximum atomic E-state index is 12.6. The van der Waals surface area contributed by atoms with Crippen molar-refractivity contribution in [3.05, 3.63) is 35.4 Å². The van der Waals surface area contributed by atoms with Crippen LogP contribution in [0.15, 0.2) is 24.3 Å². The highest BCUT2D eigenvalue weighted by molar-refractivity contribution is 5.79. The maximum Gasteiger partial charge on any atom is 0.227 e. The summed E-state index contributed by atoms with van der Waals surface area (Å²) in [7, 11) is 0. The van der Waals surface area contributed by atoms with Crippen LogP contribution in [-0.4, -0.2) is 41.9 Å². The Morgan fingerprint density at radius 2 is 1.90 bits per heavy atom. The molecule has 1 aromatic rings. The van der Waals surface area contributed by atoms with E-state index in [4.69, 9.17) is 0 Å². The Bertz CT molecular complexity index is 494. The molecule has 21 heavy (non-hydrogen) atoms. The van der Waals surface area contributed by atoms with Crippen LogP contribution in [0.3, 0.4) is 0 Å². The van der Waals surface area contributed by atoms with Crippen molar-refractivity contribution in [3.8, 4) is 0 Å². The van der Waals surface area contributed by atoms with Gasteiger partial charge in [0.25, 0.3) is 0 Å². The number of nitrogens with zero attached hydrogens (tertiary/aromatic N) is 2. The molecule has 2 heterocycles. The second kappa shape index (κ2) is 6.61. The lowest BCUT2D eigenvalue weighted by Gasteiger charge is -2.29. The van der Waals surface area contributed by atoms with Gasteiger partial charge in [0.2, 0.25) is 5.91 Å². The highest BCUT2D eigenvalue weighted by Crippen LogP contribution is 2.23. The highest BCUT2D eigenvalue weighted by atomic mass is 16.2. The fourth-order valence-electron chi connectivity index (χ4n) is 3.58. The predicted octanol–water partition coefficient (Wildman–Crippen LogP) is 2.83. The van der Waals surface area contributed by atoms with E-state index >= 15 is 0 Å². The van der Waals surface area contributed by atoms with E-state index < -0.39 is 0 Å². The van der Waals surface area contributed by atoms with Crippen molar-refractivity contribution >= 4 is 5.91 Å². The smallest absolute Gasteiger partial charge is 0.227 e. The molecule has 0 aliphatic carbocycles. The van der Waals surface area contributed by atoms with E-state index in [-0.39, 0.29) is 5.92 Å². The number of benzene rings is 1. The van der Waals surface area contributed by atoms with Crippen molar-refractivity contribution < 1.29 is 4.79 Å². The number of likely N-dealkylation sites (tertiary alicyclic amines) is 2. The summed E-state index contributed by atoms with van der Waals surface area (Å²) < 4.78 is 0. The quantitative estimate of drug-likeness (QED) is 0.853. The summed E-state index contributed by atoms with van der Waals surface area (Å²) in [5.74, 6) is 0.633. The minimum absolute atomic E-state index is 0.229. The third-order valence-electron chi connectivity index (χ3n) is 4.94. The lowest BCUT2D eigenvalue weighted by Crippen LogP contribution is -2.40. The molecule has 3 rings (SSSR count). The van der Waals surface area contributed by atoms with E-state index in [1.165, 1.54) is 30.4 Å². The van der Waals surface area contributed by atoms with Gasteiger partial charge in [-0.2, -0.15) is 0 Å². The zero-order valence-electron chi connectivity index (χ0n) is 13.1. The number of rotatable bonds is 3. The molecule has 1 unspecified atom stereocenters. The normalized spacial score (nSPS) is 23.5. The fraction of sp³-hybridized carbons (Fsp3) is 0.611. The molecule has 0 bridgehead atoms. The van der Waals surface area contributed by atoms with Gasteiger partial charge in [0, 0.05) is 26.2 Å². The molecular formula is C18H26N2O. The molecule has 3 nitrogen and oxygen atoms in total. The van der Waals surface area contributed by atoms with Crippen LogP contribution in [0.2, 0.25) is 0 Å². The summed E-state index contributed by atoms with van der Waals surface area (Å²) in [6.07, 6.45) is 4.69. The van der Waals surface area contributed by atoms with Gasteiger partial charge in [-0.15, -0.1) is 0 Å². The Kier molecular flexibility index (Phi) is 4.59. The Hall–Kier alpha value is -1.35. The van der Waals surface area contributed by atoms with Crippen LogP contribution in [0, 0.1) is 12.8 Å². The van der Waals surface area contributed by atoms with E-state index in [0.29, 0.717) is 5.91 Å². The van der Waals surface area contributed by atoms with Gasteiger partial charge in [0.1, 0.15) is 0 Å². The number of carbonyl (C=O) groups excluding carboxylic acids is 1. The third-order valence-corrected chi connectivity index (χ3v) is 4.94. The van der Waals surface area contributed by atoms with Crippen LogP contribution in [0.5, 0.6) is 0 Å². The van der Waals surface area contributed by atoms with Crippen LogP contribution in [0.25, 0.3) is 0 Å². The molecule has 114 valence electrons. The molecule has 2 saturated heterocycles. The van der Waals surface area contributed by atoms with Crippen molar-refractivity contribution in [2.75, 3.05) is 26.2 Å². The molecule has 0 saturated carbocycles. The minimum atomic E-state index is 0.229. The van der Waals surface area contributed by atoms with Gasteiger partial charge in [-0.05, 0) is 50.3 Å². The number of amides is 1. The highest BCUT2D eigenvalue weighted by Gasteiger charge is 2.31. The van der Waals surface area contributed by atoms with Crippen molar-refractivity contribution in [3.63, 3.8) is 0 Å². The van der Waals surface area contributed by atoms with Crippen molar-refractivity contribution in [2.24, 2.45) is 5.92 Å². The van der Waals surface area contributed by atoms with Crippen LogP contribution in [0.1, 0.15) is 36.8 Å². The summed E-state index contributed by atoms with van der Waals surface area (Å²) in [5, 5.41) is 0. The van der Waals surface area contributed by atoms with Crippen molar-refractivity contribution in [1.29, 1.82) is 0 Å². The van der Waals surface area contributed by atoms with Gasteiger partial charge in [0.15, 0.2) is 0 Å². The zero-order valence-corrected chi connectivity index (χ0v) is 13.1. The first-order valence-corrected chi connectivity index (χ1v) is 8.29. The number of hydrogen-bond donors (Lipinski definition) is 0. The van der Waals surface area contributed by atoms with Crippen LogP contribution < -0.4 is 0 Å². The zero-order chi connectivity index (χ0) is 14.7. The van der Waals surface area contributed by atoms with Gasteiger partial charge in [0.05, 0.1) is 5.92 Å². The first-order chi connectivity index (χ1) is 10.2. The molecule has 0 spiro atoms. The molecule has 3 heteroatoms. The molecular weight excluding hydrogens is 260 g/mol. The third kappa shape index (κ3) is 3.46. The average molecular weight is 286 g/mol. The number of carbonyl (C=O) groups is 1. The van der Waals surface area contributed by atoms with Gasteiger partial charge < -0.3 is 4.90 Å². The van der Waals surface area contributed by atoms with Crippen LogP contribution >= 0.6 is 0 Å². The topological polar surface area (TPSA) is 23.6 Å². The molecule has 1 amide bonds. The molecule has 0 N–H and O–H groups in total. The summed E-state index contributed by atoms with van der Waals surface area (Å²) in [5.41, 5.74) is 2.74. The fourth-order valence-corrected chi connectivity index (χ4v) is 3.58. The maximum absolute atomic E-state index is 12.6. The summed E-state index contributed by atoms with van der Waals surface area (Å²) in [6, 6.07) is 8.57. The summed E-state index contributed by atoms with van der Waals surface area (Å²) >= 11 is 0. The monoisotopic (exact) mass is 286 g/mol. The van der Waals surface area contributed by atoms with E-state index in [9.17, 15) is 4.79 Å². The molecule has 0 radical (unpaired) electrons. The molecule has 2 aliphatic rings. The molecule has 1 atom stereocenters. The van der Waals surface area contributed by atoms with E-state index in [2.05, 4.69) is 41.0 Å². The lowest BCUT2D eigenvalue weighted by atomic mass is 10.0. The second-order valence-electron chi connectivity index (χ2n) is 6.53. The second-order valence-corrected chi connectivity index (χ2v) is 6.53. The van der Waals surface area contributed by atoms with Crippen LogP contribution in [0.4, 0.5) is 0 Å². The van der Waals surface area contributed by atoms with Crippen LogP contribution in [-0.2, 0) is 11.3 Å². The van der Waals surface area contributed by atoms with Gasteiger partial charge in [-0.1, -0.05) is 24.3 Å². The first-order valence-electron chi connectivity index (χ1n) is 8.29. The SMILES string of the molecule is Cc1ccccc1CN1CCC(C(=O)N2CCCCC2)C1. The Morgan fingerprint density at radius 3 is 2.67 bits per heavy atom. The summed E-state index contributed by atoms with van der Waals surface area (Å²) in [6.45, 7) is 7.10. The Balaban J connectivity index is 1.55. The number of aryl methyl sites for hydroxylation is 1. The molecule has 2 aliphatic heterocycles. The Labute approximate surface area is 127 Å². The standard InChI is InChI=1S/C18H26N2O/c1-15-7-3-4-8-16(15)13-19-12-9-17(14-19)18(21)20-10-5-2-6-11-20/h3-4,7-8,17H,2,5-6,9-14H2,1H3. The molecule has 1 aromatic carbocycles. The minimum Gasteiger partial charge on any atom is -0.342 e. The predicted molar refractivity (Wildman–Crippen MR) is 85.0 cm³/mol. The molecule has 0 aromatic heterocycles. The van der Waals surface area contributed by atoms with Gasteiger partial charge >= 0.3 is 0 Å². The largest absolute Gasteiger partial charge is 0.342 e. The van der Waals surface area contributed by atoms with Crippen molar-refractivity contribution in [2.45, 2.75) is 39.2 Å². The Morgan fingerprint density at radius 1 is 1.14 bits per heavy atom. The van der Waals surface area contributed by atoms with Gasteiger partial charge in [-0.3, -0.25) is 9.69 Å². The lowest BCUT2D eigenvalue weighted by molar-refractivity contribution is -0.136. The first kappa shape index (κ1) is 14.6. The van der Waals surface area contributed by atoms with E-state index in [0.717, 1.165) is 39.1 Å². The van der Waals surface area contributed by atoms with Crippen molar-refractivity contribution in [1.82, 2.24) is 9.80 Å². The number of piperidine rings is 1.